The second-order valence-electron chi connectivity index (χ2n) is 6.45. The van der Waals surface area contributed by atoms with Gasteiger partial charge in [0.25, 0.3) is 15.9 Å². The van der Waals surface area contributed by atoms with Crippen molar-refractivity contribution in [1.82, 2.24) is 0 Å². The van der Waals surface area contributed by atoms with E-state index in [2.05, 4.69) is 5.32 Å². The van der Waals surface area contributed by atoms with Crippen molar-refractivity contribution in [1.29, 1.82) is 0 Å². The summed E-state index contributed by atoms with van der Waals surface area (Å²) in [6.07, 6.45) is 0. The third-order valence-corrected chi connectivity index (χ3v) is 6.50. The first-order valence-electron chi connectivity index (χ1n) is 9.08. The molecule has 0 saturated carbocycles. The average Bonchev–Trinajstić information content (AvgIpc) is 2.71. The van der Waals surface area contributed by atoms with Crippen LogP contribution in [0.15, 0.2) is 77.7 Å². The smallest absolute Gasteiger partial charge is 0.264 e. The molecule has 0 aromatic heterocycles. The van der Waals surface area contributed by atoms with Crippen LogP contribution in [0.1, 0.15) is 22.8 Å². The largest absolute Gasteiger partial charge is 0.322 e. The van der Waals surface area contributed by atoms with E-state index in [1.807, 2.05) is 6.07 Å². The van der Waals surface area contributed by atoms with Crippen molar-refractivity contribution in [2.45, 2.75) is 18.7 Å². The fraction of sp³-hybridized carbons (Fsp3) is 0.136. The highest BCUT2D eigenvalue weighted by Crippen LogP contribution is 2.26. The number of para-hydroxylation sites is 1. The van der Waals surface area contributed by atoms with Crippen molar-refractivity contribution in [2.75, 3.05) is 16.2 Å². The fourth-order valence-corrected chi connectivity index (χ4v) is 4.69. The van der Waals surface area contributed by atoms with E-state index < -0.39 is 21.7 Å². The zero-order valence-corrected chi connectivity index (χ0v) is 16.9. The topological polar surface area (TPSA) is 66.5 Å². The molecule has 0 spiro atoms. The van der Waals surface area contributed by atoms with Gasteiger partial charge in [-0.3, -0.25) is 9.10 Å². The minimum Gasteiger partial charge on any atom is -0.322 e. The molecule has 29 heavy (non-hydrogen) atoms. The molecule has 5 nitrogen and oxygen atoms in total. The Bertz CT molecular complexity index is 1110. The minimum absolute atomic E-state index is 0.0648. The normalized spacial score (nSPS) is 11.1. The number of halogens is 1. The number of amides is 1. The van der Waals surface area contributed by atoms with Crippen molar-refractivity contribution in [2.24, 2.45) is 0 Å². The molecule has 0 fully saturated rings. The quantitative estimate of drug-likeness (QED) is 0.643. The van der Waals surface area contributed by atoms with Gasteiger partial charge in [0.05, 0.1) is 10.6 Å². The Kier molecular flexibility index (Phi) is 5.98. The average molecular weight is 412 g/mol. The van der Waals surface area contributed by atoms with Crippen LogP contribution in [0.4, 0.5) is 15.8 Å². The van der Waals surface area contributed by atoms with Crippen LogP contribution in [0.3, 0.4) is 0 Å². The first kappa shape index (κ1) is 20.5. The minimum atomic E-state index is -3.87. The first-order chi connectivity index (χ1) is 13.8. The molecule has 3 rings (SSSR count). The summed E-state index contributed by atoms with van der Waals surface area (Å²) in [5.74, 6) is -0.886. The van der Waals surface area contributed by atoms with Gasteiger partial charge < -0.3 is 5.32 Å². The molecule has 0 bridgehead atoms. The molecule has 0 radical (unpaired) electrons. The van der Waals surface area contributed by atoms with Crippen molar-refractivity contribution < 1.29 is 17.6 Å². The van der Waals surface area contributed by atoms with E-state index in [0.717, 1.165) is 0 Å². The Morgan fingerprint density at radius 3 is 2.28 bits per heavy atom. The van der Waals surface area contributed by atoms with E-state index in [9.17, 15) is 17.6 Å². The molecule has 1 amide bonds. The molecule has 0 atom stereocenters. The molecule has 1 N–H and O–H groups in total. The van der Waals surface area contributed by atoms with Crippen LogP contribution in [0.5, 0.6) is 0 Å². The van der Waals surface area contributed by atoms with E-state index in [1.165, 1.54) is 34.6 Å². The second kappa shape index (κ2) is 8.45. The zero-order valence-electron chi connectivity index (χ0n) is 16.1. The predicted molar refractivity (Wildman–Crippen MR) is 112 cm³/mol. The van der Waals surface area contributed by atoms with Gasteiger partial charge in [0.1, 0.15) is 5.82 Å². The van der Waals surface area contributed by atoms with Crippen LogP contribution in [0.2, 0.25) is 0 Å². The number of benzene rings is 3. The van der Waals surface area contributed by atoms with Gasteiger partial charge in [0.15, 0.2) is 0 Å². The number of rotatable bonds is 6. The van der Waals surface area contributed by atoms with Crippen LogP contribution < -0.4 is 9.62 Å². The molecule has 7 heteroatoms. The maximum atomic E-state index is 13.3. The van der Waals surface area contributed by atoms with Crippen molar-refractivity contribution in [3.63, 3.8) is 0 Å². The molecule has 0 heterocycles. The van der Waals surface area contributed by atoms with Crippen molar-refractivity contribution >= 4 is 27.3 Å². The number of anilines is 2. The number of hydrogen-bond acceptors (Lipinski definition) is 3. The molecule has 150 valence electrons. The fourth-order valence-electron chi connectivity index (χ4n) is 2.96. The molecule has 3 aromatic rings. The molecule has 0 unspecified atom stereocenters. The van der Waals surface area contributed by atoms with Gasteiger partial charge in [-0.05, 0) is 67.9 Å². The highest BCUT2D eigenvalue weighted by atomic mass is 32.2. The van der Waals surface area contributed by atoms with Crippen LogP contribution in [-0.4, -0.2) is 20.9 Å². The summed E-state index contributed by atoms with van der Waals surface area (Å²) in [5, 5.41) is 2.64. The number of carbonyl (C=O) groups is 1. The summed E-state index contributed by atoms with van der Waals surface area (Å²) in [6, 6.07) is 18.7. The Morgan fingerprint density at radius 2 is 1.66 bits per heavy atom. The lowest BCUT2D eigenvalue weighted by Crippen LogP contribution is -2.31. The number of carbonyl (C=O) groups excluding carboxylic acids is 1. The van der Waals surface area contributed by atoms with Crippen molar-refractivity contribution in [3.05, 3.63) is 89.7 Å². The molecule has 0 saturated heterocycles. The molecular weight excluding hydrogens is 391 g/mol. The van der Waals surface area contributed by atoms with Gasteiger partial charge in [0.2, 0.25) is 0 Å². The third kappa shape index (κ3) is 4.46. The number of aryl methyl sites for hydroxylation is 1. The van der Waals surface area contributed by atoms with E-state index >= 15 is 0 Å². The maximum Gasteiger partial charge on any atom is 0.264 e. The molecule has 0 aliphatic rings. The lowest BCUT2D eigenvalue weighted by Gasteiger charge is -2.24. The molecule has 0 aliphatic carbocycles. The summed E-state index contributed by atoms with van der Waals surface area (Å²) in [6.45, 7) is 3.69. The Morgan fingerprint density at radius 1 is 1.00 bits per heavy atom. The van der Waals surface area contributed by atoms with Gasteiger partial charge in [0, 0.05) is 17.8 Å². The third-order valence-electron chi connectivity index (χ3n) is 4.45. The SMILES string of the molecule is CCN(c1ccccc1)S(=O)(=O)c1cc(C(=O)Nc2ccc(F)cc2)ccc1C. The first-order valence-corrected chi connectivity index (χ1v) is 10.5. The van der Waals surface area contributed by atoms with Gasteiger partial charge >= 0.3 is 0 Å². The monoisotopic (exact) mass is 412 g/mol. The van der Waals surface area contributed by atoms with E-state index in [4.69, 9.17) is 0 Å². The molecular formula is C22H21FN2O3S. The summed E-state index contributed by atoms with van der Waals surface area (Å²) >= 11 is 0. The van der Waals surface area contributed by atoms with Gasteiger partial charge in [-0.25, -0.2) is 12.8 Å². The maximum absolute atomic E-state index is 13.3. The van der Waals surface area contributed by atoms with Gasteiger partial charge in [-0.15, -0.1) is 0 Å². The lowest BCUT2D eigenvalue weighted by atomic mass is 10.1. The summed E-state index contributed by atoms with van der Waals surface area (Å²) in [4.78, 5) is 12.7. The number of sulfonamides is 1. The van der Waals surface area contributed by atoms with E-state index in [0.29, 0.717) is 16.9 Å². The highest BCUT2D eigenvalue weighted by molar-refractivity contribution is 7.92. The number of nitrogens with zero attached hydrogens (tertiary/aromatic N) is 1. The van der Waals surface area contributed by atoms with Gasteiger partial charge in [-0.1, -0.05) is 24.3 Å². The van der Waals surface area contributed by atoms with Crippen LogP contribution in [0, 0.1) is 12.7 Å². The Balaban J connectivity index is 1.95. The standard InChI is InChI=1S/C22H21FN2O3S/c1-3-25(20-7-5-4-6-8-20)29(27,28)21-15-17(10-9-16(21)2)22(26)24-19-13-11-18(23)12-14-19/h4-15H,3H2,1-2H3,(H,24,26). The Labute approximate surface area is 169 Å². The zero-order chi connectivity index (χ0) is 21.0. The number of nitrogens with one attached hydrogen (secondary N) is 1. The van der Waals surface area contributed by atoms with Crippen LogP contribution in [-0.2, 0) is 10.0 Å². The lowest BCUT2D eigenvalue weighted by molar-refractivity contribution is 0.102. The number of hydrogen-bond donors (Lipinski definition) is 1. The highest BCUT2D eigenvalue weighted by Gasteiger charge is 2.26. The summed E-state index contributed by atoms with van der Waals surface area (Å²) in [7, 11) is -3.87. The summed E-state index contributed by atoms with van der Waals surface area (Å²) in [5.41, 5.74) is 1.71. The second-order valence-corrected chi connectivity index (χ2v) is 8.28. The Hall–Kier alpha value is -3.19. The van der Waals surface area contributed by atoms with E-state index in [-0.39, 0.29) is 17.0 Å². The molecule has 0 aliphatic heterocycles. The summed E-state index contributed by atoms with van der Waals surface area (Å²) < 4.78 is 41.0. The van der Waals surface area contributed by atoms with Crippen LogP contribution >= 0.6 is 0 Å². The predicted octanol–water partition coefficient (Wildman–Crippen LogP) is 4.60. The van der Waals surface area contributed by atoms with Crippen LogP contribution in [0.25, 0.3) is 0 Å². The van der Waals surface area contributed by atoms with Crippen molar-refractivity contribution in [3.8, 4) is 0 Å². The molecule has 3 aromatic carbocycles. The van der Waals surface area contributed by atoms with E-state index in [1.54, 1.807) is 50.2 Å². The van der Waals surface area contributed by atoms with Gasteiger partial charge in [-0.2, -0.15) is 0 Å².